The lowest BCUT2D eigenvalue weighted by Gasteiger charge is -2.06. The van der Waals surface area contributed by atoms with E-state index in [-0.39, 0.29) is 13.1 Å². The van der Waals surface area contributed by atoms with Crippen molar-refractivity contribution in [1.29, 1.82) is 0 Å². The van der Waals surface area contributed by atoms with Gasteiger partial charge in [-0.25, -0.2) is 14.3 Å². The highest BCUT2D eigenvalue weighted by Gasteiger charge is 2.11. The van der Waals surface area contributed by atoms with Gasteiger partial charge in [0.05, 0.1) is 106 Å². The maximum absolute atomic E-state index is 11.4. The molecule has 0 saturated carbocycles. The van der Waals surface area contributed by atoms with Crippen LogP contribution in [0.4, 0.5) is 0 Å². The molecule has 1 rings (SSSR count). The molecular weight excluding hydrogens is 584 g/mol. The molecule has 0 fully saturated rings. The lowest BCUT2D eigenvalue weighted by atomic mass is 10.5. The van der Waals surface area contributed by atoms with E-state index in [4.69, 9.17) is 50.2 Å². The number of carbonyl (C=O) groups excluding carboxylic acids is 2. The van der Waals surface area contributed by atoms with E-state index in [9.17, 15) is 9.59 Å². The van der Waals surface area contributed by atoms with Crippen LogP contribution in [-0.2, 0) is 49.2 Å². The van der Waals surface area contributed by atoms with Crippen molar-refractivity contribution >= 4 is 11.9 Å². The van der Waals surface area contributed by atoms with E-state index in [1.165, 1.54) is 18.0 Å². The minimum Gasteiger partial charge on any atom is -0.461 e. The van der Waals surface area contributed by atoms with Gasteiger partial charge in [0.25, 0.3) is 0 Å². The highest BCUT2D eigenvalue weighted by atomic mass is 16.6. The van der Waals surface area contributed by atoms with Crippen LogP contribution < -0.4 is 11.5 Å². The molecule has 44 heavy (non-hydrogen) atoms. The third kappa shape index (κ3) is 33.1. The quantitative estimate of drug-likeness (QED) is 0.0294. The summed E-state index contributed by atoms with van der Waals surface area (Å²) in [6.45, 7) is 10.1. The van der Waals surface area contributed by atoms with Gasteiger partial charge < -0.3 is 49.4 Å². The number of aromatic nitrogens is 3. The standard InChI is InChI=1S/C13H24N4O5.C8H18N4O3.C4H4O2.CH4/c1-2-22-13(18)12-11-17(16-15-12)4-6-20-8-10-21-9-7-19-5-3-14;9-1-3-13-5-7-15-8-6-14-4-2-11-12-10;1-3-4(5)6-2;/h11H,2-10,14H2,1H3;1-9H2;1H,2H3;1H4. The maximum Gasteiger partial charge on any atom is 0.383 e. The van der Waals surface area contributed by atoms with Crippen molar-refractivity contribution in [3.05, 3.63) is 22.3 Å². The Morgan fingerprint density at radius 3 is 1.80 bits per heavy atom. The van der Waals surface area contributed by atoms with Crippen LogP contribution in [0.1, 0.15) is 24.8 Å². The monoisotopic (exact) mass is 634 g/mol. The maximum atomic E-state index is 11.4. The van der Waals surface area contributed by atoms with Crippen molar-refractivity contribution in [3.63, 3.8) is 0 Å². The van der Waals surface area contributed by atoms with Crippen LogP contribution in [0.3, 0.4) is 0 Å². The first-order chi connectivity index (χ1) is 21.0. The highest BCUT2D eigenvalue weighted by molar-refractivity contribution is 5.87. The molecular formula is C26H50N8O10. The highest BCUT2D eigenvalue weighted by Crippen LogP contribution is 1.96. The van der Waals surface area contributed by atoms with E-state index in [2.05, 4.69) is 31.5 Å². The molecule has 254 valence electrons. The summed E-state index contributed by atoms with van der Waals surface area (Å²) >= 11 is 0. The van der Waals surface area contributed by atoms with Crippen molar-refractivity contribution in [3.8, 4) is 12.3 Å². The Hall–Kier alpha value is -3.37. The molecule has 0 aliphatic carbocycles. The Kier molecular flexibility index (Phi) is 38.6. The van der Waals surface area contributed by atoms with E-state index < -0.39 is 11.9 Å². The molecule has 4 N–H and O–H groups in total. The molecule has 0 bridgehead atoms. The molecule has 0 aliphatic heterocycles. The van der Waals surface area contributed by atoms with Gasteiger partial charge in [-0.1, -0.05) is 17.8 Å². The SMILES string of the molecule is C.C#CC(=O)OC.CCOC(=O)c1cn(CCOCCOCCOCCN)nn1.[N-]=[N+]=NCCOCCOCCOCCN. The molecule has 0 amide bonds. The Morgan fingerprint density at radius 2 is 1.39 bits per heavy atom. The van der Waals surface area contributed by atoms with Gasteiger partial charge in [0.1, 0.15) is 0 Å². The summed E-state index contributed by atoms with van der Waals surface area (Å²) in [4.78, 5) is 23.7. The summed E-state index contributed by atoms with van der Waals surface area (Å²) in [5, 5.41) is 10.9. The second-order valence-electron chi connectivity index (χ2n) is 7.43. The molecule has 0 radical (unpaired) electrons. The van der Waals surface area contributed by atoms with E-state index >= 15 is 0 Å². The predicted octanol–water partition coefficient (Wildman–Crippen LogP) is 0.197. The summed E-state index contributed by atoms with van der Waals surface area (Å²) in [6.07, 6.45) is 6.09. The number of nitrogens with zero attached hydrogens (tertiary/aromatic N) is 6. The van der Waals surface area contributed by atoms with E-state index in [0.717, 1.165) is 0 Å². The smallest absolute Gasteiger partial charge is 0.383 e. The zero-order valence-corrected chi connectivity index (χ0v) is 25.1. The number of rotatable bonds is 24. The number of methoxy groups -OCH3 is 1. The largest absolute Gasteiger partial charge is 0.461 e. The third-order valence-corrected chi connectivity index (χ3v) is 4.20. The summed E-state index contributed by atoms with van der Waals surface area (Å²) in [7, 11) is 1.24. The Morgan fingerprint density at radius 1 is 0.909 bits per heavy atom. The van der Waals surface area contributed by atoms with Crippen LogP contribution in [0, 0.1) is 12.3 Å². The fourth-order valence-electron chi connectivity index (χ4n) is 2.32. The molecule has 0 atom stereocenters. The second-order valence-corrected chi connectivity index (χ2v) is 7.43. The second kappa shape index (κ2) is 37.7. The molecule has 0 aromatic carbocycles. The number of terminal acetylenes is 1. The molecule has 0 spiro atoms. The van der Waals surface area contributed by atoms with Gasteiger partial charge in [-0.2, -0.15) is 0 Å². The molecule has 0 aliphatic rings. The van der Waals surface area contributed by atoms with Crippen LogP contribution >= 0.6 is 0 Å². The van der Waals surface area contributed by atoms with Crippen molar-refractivity contribution in [1.82, 2.24) is 15.0 Å². The van der Waals surface area contributed by atoms with Crippen LogP contribution in [0.5, 0.6) is 0 Å². The van der Waals surface area contributed by atoms with Crippen LogP contribution in [0.15, 0.2) is 11.3 Å². The number of carbonyl (C=O) groups is 2. The lowest BCUT2D eigenvalue weighted by Crippen LogP contribution is -2.14. The van der Waals surface area contributed by atoms with Crippen molar-refractivity contribution in [2.75, 3.05) is 113 Å². The van der Waals surface area contributed by atoms with Crippen molar-refractivity contribution < 1.29 is 47.5 Å². The number of hydrogen-bond donors (Lipinski definition) is 2. The van der Waals surface area contributed by atoms with E-state index in [1.807, 2.05) is 0 Å². The average molecular weight is 635 g/mol. The minimum atomic E-state index is -0.630. The van der Waals surface area contributed by atoms with Crippen molar-refractivity contribution in [2.45, 2.75) is 20.9 Å². The summed E-state index contributed by atoms with van der Waals surface area (Å²) < 4.78 is 41.6. The zero-order valence-electron chi connectivity index (χ0n) is 25.1. The third-order valence-electron chi connectivity index (χ3n) is 4.20. The van der Waals surface area contributed by atoms with Gasteiger partial charge in [-0.3, -0.25) is 0 Å². The van der Waals surface area contributed by atoms with E-state index in [0.29, 0.717) is 112 Å². The van der Waals surface area contributed by atoms with Crippen LogP contribution in [0.25, 0.3) is 10.4 Å². The predicted molar refractivity (Wildman–Crippen MR) is 161 cm³/mol. The Labute approximate surface area is 259 Å². The molecule has 18 nitrogen and oxygen atoms in total. The molecule has 0 unspecified atom stereocenters. The summed E-state index contributed by atoms with van der Waals surface area (Å²) in [5.74, 6) is 0.652. The average Bonchev–Trinajstić information content (AvgIpc) is 3.50. The fraction of sp³-hybridized carbons (Fsp3) is 0.769. The van der Waals surface area contributed by atoms with Crippen LogP contribution in [-0.4, -0.2) is 140 Å². The molecule has 0 saturated heterocycles. The fourth-order valence-corrected chi connectivity index (χ4v) is 2.32. The number of esters is 2. The first kappa shape index (κ1) is 45.1. The first-order valence-electron chi connectivity index (χ1n) is 13.5. The lowest BCUT2D eigenvalue weighted by molar-refractivity contribution is -0.133. The zero-order chi connectivity index (χ0) is 32.2. The van der Waals surface area contributed by atoms with Crippen LogP contribution in [0.2, 0.25) is 0 Å². The van der Waals surface area contributed by atoms with E-state index in [1.54, 1.807) is 12.8 Å². The first-order valence-corrected chi connectivity index (χ1v) is 13.5. The molecule has 1 heterocycles. The topological polar surface area (TPSA) is 239 Å². The van der Waals surface area contributed by atoms with Crippen molar-refractivity contribution in [2.24, 2.45) is 16.6 Å². The number of nitrogens with two attached hydrogens (primary N) is 2. The Balaban J connectivity index is -0.000000662. The van der Waals surface area contributed by atoms with Gasteiger partial charge in [-0.15, -0.1) is 11.5 Å². The van der Waals surface area contributed by atoms with Gasteiger partial charge in [0.2, 0.25) is 0 Å². The Bertz CT molecular complexity index is 879. The van der Waals surface area contributed by atoms with Gasteiger partial charge in [-0.05, 0) is 12.5 Å². The normalized spacial score (nSPS) is 9.61. The molecule has 1 aromatic heterocycles. The van der Waals surface area contributed by atoms with Gasteiger partial charge >= 0.3 is 11.9 Å². The number of ether oxygens (including phenoxy) is 8. The summed E-state index contributed by atoms with van der Waals surface area (Å²) in [6, 6.07) is 0. The molecule has 18 heteroatoms. The van der Waals surface area contributed by atoms with Gasteiger partial charge in [0.15, 0.2) is 5.69 Å². The minimum absolute atomic E-state index is 0. The molecule has 1 aromatic rings. The summed E-state index contributed by atoms with van der Waals surface area (Å²) in [5.41, 5.74) is 18.7. The number of hydrogen-bond acceptors (Lipinski definition) is 15. The van der Waals surface area contributed by atoms with Gasteiger partial charge in [0, 0.05) is 30.5 Å². The number of azide groups is 1.